The first-order chi connectivity index (χ1) is 8.27. The fourth-order valence-electron chi connectivity index (χ4n) is 2.16. The Morgan fingerprint density at radius 3 is 3.06 bits per heavy atom. The maximum Gasteiger partial charge on any atom is 0.248 e. The fourth-order valence-corrected chi connectivity index (χ4v) is 2.16. The maximum atomic E-state index is 11.8. The number of allylic oxidation sites excluding steroid dienone is 1. The van der Waals surface area contributed by atoms with Gasteiger partial charge in [0.15, 0.2) is 0 Å². The first-order valence-corrected chi connectivity index (χ1v) is 6.05. The SMILES string of the molecule is CCC(=O)N1N=C2CCCCCN2C1=CC#N. The molecule has 0 atom stereocenters. The van der Waals surface area contributed by atoms with Crippen molar-refractivity contribution >= 4 is 11.7 Å². The van der Waals surface area contributed by atoms with E-state index in [4.69, 9.17) is 5.26 Å². The molecule has 17 heavy (non-hydrogen) atoms. The maximum absolute atomic E-state index is 11.8. The largest absolute Gasteiger partial charge is 0.312 e. The van der Waals surface area contributed by atoms with Crippen molar-refractivity contribution in [2.45, 2.75) is 39.0 Å². The quantitative estimate of drug-likeness (QED) is 0.647. The number of hydrazone groups is 1. The minimum absolute atomic E-state index is 0.0629. The summed E-state index contributed by atoms with van der Waals surface area (Å²) in [6, 6.07) is 2.00. The number of carbonyl (C=O) groups is 1. The van der Waals surface area contributed by atoms with E-state index in [1.54, 1.807) is 6.92 Å². The van der Waals surface area contributed by atoms with E-state index in [-0.39, 0.29) is 5.91 Å². The van der Waals surface area contributed by atoms with E-state index in [2.05, 4.69) is 5.10 Å². The summed E-state index contributed by atoms with van der Waals surface area (Å²) >= 11 is 0. The van der Waals surface area contributed by atoms with E-state index < -0.39 is 0 Å². The summed E-state index contributed by atoms with van der Waals surface area (Å²) in [5, 5.41) is 14.5. The lowest BCUT2D eigenvalue weighted by atomic mass is 10.2. The monoisotopic (exact) mass is 232 g/mol. The van der Waals surface area contributed by atoms with Gasteiger partial charge in [0, 0.05) is 19.4 Å². The number of nitrogens with zero attached hydrogens (tertiary/aromatic N) is 4. The Labute approximate surface area is 101 Å². The number of fused-ring (bicyclic) bond motifs is 1. The van der Waals surface area contributed by atoms with Gasteiger partial charge in [-0.1, -0.05) is 13.3 Å². The molecule has 0 saturated carbocycles. The van der Waals surface area contributed by atoms with Crippen molar-refractivity contribution in [1.82, 2.24) is 9.91 Å². The predicted molar refractivity (Wildman–Crippen MR) is 63.4 cm³/mol. The van der Waals surface area contributed by atoms with E-state index >= 15 is 0 Å². The van der Waals surface area contributed by atoms with Gasteiger partial charge in [-0.05, 0) is 12.8 Å². The molecule has 1 amide bonds. The van der Waals surface area contributed by atoms with Gasteiger partial charge in [0.1, 0.15) is 11.7 Å². The van der Waals surface area contributed by atoms with Crippen LogP contribution >= 0.6 is 0 Å². The smallest absolute Gasteiger partial charge is 0.248 e. The van der Waals surface area contributed by atoms with Crippen LogP contribution in [0.15, 0.2) is 17.0 Å². The summed E-state index contributed by atoms with van der Waals surface area (Å²) in [6.07, 6.45) is 6.05. The summed E-state index contributed by atoms with van der Waals surface area (Å²) in [5.41, 5.74) is 0. The van der Waals surface area contributed by atoms with Gasteiger partial charge >= 0.3 is 0 Å². The molecule has 0 spiro atoms. The number of amidine groups is 1. The summed E-state index contributed by atoms with van der Waals surface area (Å²) in [7, 11) is 0. The number of amides is 1. The molecule has 0 unspecified atom stereocenters. The summed E-state index contributed by atoms with van der Waals surface area (Å²) in [6.45, 7) is 2.65. The van der Waals surface area contributed by atoms with E-state index in [0.29, 0.717) is 12.2 Å². The molecule has 2 aliphatic heterocycles. The lowest BCUT2D eigenvalue weighted by molar-refractivity contribution is -0.129. The molecule has 0 aliphatic carbocycles. The van der Waals surface area contributed by atoms with Gasteiger partial charge in [0.25, 0.3) is 0 Å². The Balaban J connectivity index is 2.31. The van der Waals surface area contributed by atoms with Gasteiger partial charge in [-0.2, -0.15) is 15.4 Å². The highest BCUT2D eigenvalue weighted by Gasteiger charge is 2.32. The molecule has 0 radical (unpaired) electrons. The highest BCUT2D eigenvalue weighted by Crippen LogP contribution is 2.26. The fraction of sp³-hybridized carbons (Fsp3) is 0.583. The third-order valence-electron chi connectivity index (χ3n) is 3.03. The first-order valence-electron chi connectivity index (χ1n) is 6.05. The third kappa shape index (κ3) is 2.16. The van der Waals surface area contributed by atoms with Crippen molar-refractivity contribution in [3.63, 3.8) is 0 Å². The highest BCUT2D eigenvalue weighted by atomic mass is 16.2. The zero-order valence-corrected chi connectivity index (χ0v) is 10.0. The van der Waals surface area contributed by atoms with Crippen molar-refractivity contribution in [3.05, 3.63) is 11.9 Å². The first kappa shape index (κ1) is 11.6. The molecule has 1 fully saturated rings. The Bertz CT molecular complexity index is 419. The molecule has 0 N–H and O–H groups in total. The molecule has 2 aliphatic rings. The molecule has 1 saturated heterocycles. The van der Waals surface area contributed by atoms with E-state index in [1.807, 2.05) is 11.0 Å². The van der Waals surface area contributed by atoms with Gasteiger partial charge in [-0.3, -0.25) is 4.79 Å². The zero-order chi connectivity index (χ0) is 12.3. The van der Waals surface area contributed by atoms with Crippen LogP contribution in [0.3, 0.4) is 0 Å². The van der Waals surface area contributed by atoms with Gasteiger partial charge in [-0.15, -0.1) is 0 Å². The normalized spacial score (nSPS) is 21.9. The van der Waals surface area contributed by atoms with Crippen molar-refractivity contribution in [1.29, 1.82) is 5.26 Å². The second-order valence-electron chi connectivity index (χ2n) is 4.17. The molecular formula is C12H16N4O. The standard InChI is InChI=1S/C12H16N4O/c1-2-12(17)16-11(7-8-13)15-9-5-3-4-6-10(15)14-16/h7H,2-6,9H2,1H3. The molecule has 0 aromatic rings. The second-order valence-corrected chi connectivity index (χ2v) is 4.17. The number of rotatable bonds is 1. The Morgan fingerprint density at radius 1 is 1.53 bits per heavy atom. The molecule has 2 heterocycles. The van der Waals surface area contributed by atoms with Crippen LogP contribution in [0.25, 0.3) is 0 Å². The number of nitriles is 1. The van der Waals surface area contributed by atoms with Crippen LogP contribution in [0, 0.1) is 11.3 Å². The minimum Gasteiger partial charge on any atom is -0.312 e. The molecule has 0 aromatic carbocycles. The molecule has 90 valence electrons. The molecule has 0 bridgehead atoms. The van der Waals surface area contributed by atoms with Gasteiger partial charge < -0.3 is 4.90 Å². The van der Waals surface area contributed by atoms with Gasteiger partial charge in [-0.25, -0.2) is 0 Å². The van der Waals surface area contributed by atoms with Gasteiger partial charge in [0.2, 0.25) is 5.91 Å². The molecule has 5 heteroatoms. The molecule has 5 nitrogen and oxygen atoms in total. The zero-order valence-electron chi connectivity index (χ0n) is 10.0. The lowest BCUT2D eigenvalue weighted by Gasteiger charge is -2.21. The van der Waals surface area contributed by atoms with Crippen LogP contribution in [-0.4, -0.2) is 28.2 Å². The van der Waals surface area contributed by atoms with Crippen LogP contribution in [0.1, 0.15) is 39.0 Å². The van der Waals surface area contributed by atoms with Crippen LogP contribution in [-0.2, 0) is 4.79 Å². The highest BCUT2D eigenvalue weighted by molar-refractivity contribution is 5.90. The van der Waals surface area contributed by atoms with E-state index in [9.17, 15) is 4.79 Å². The average Bonchev–Trinajstić information content (AvgIpc) is 2.53. The predicted octanol–water partition coefficient (Wildman–Crippen LogP) is 1.79. The van der Waals surface area contributed by atoms with Crippen LogP contribution in [0.4, 0.5) is 0 Å². The number of hydrogen-bond acceptors (Lipinski definition) is 4. The van der Waals surface area contributed by atoms with Crippen molar-refractivity contribution < 1.29 is 4.79 Å². The van der Waals surface area contributed by atoms with Crippen molar-refractivity contribution in [2.75, 3.05) is 6.54 Å². The van der Waals surface area contributed by atoms with Gasteiger partial charge in [0.05, 0.1) is 12.1 Å². The molecule has 2 rings (SSSR count). The number of hydrogen-bond donors (Lipinski definition) is 0. The topological polar surface area (TPSA) is 59.7 Å². The summed E-state index contributed by atoms with van der Waals surface area (Å²) < 4.78 is 0. The average molecular weight is 232 g/mol. The Morgan fingerprint density at radius 2 is 2.35 bits per heavy atom. The Kier molecular flexibility index (Phi) is 3.43. The third-order valence-corrected chi connectivity index (χ3v) is 3.03. The number of carbonyl (C=O) groups excluding carboxylic acids is 1. The van der Waals surface area contributed by atoms with Crippen LogP contribution < -0.4 is 0 Å². The minimum atomic E-state index is -0.0629. The van der Waals surface area contributed by atoms with Crippen molar-refractivity contribution in [2.24, 2.45) is 5.10 Å². The molecule has 0 aromatic heterocycles. The van der Waals surface area contributed by atoms with Crippen LogP contribution in [0.2, 0.25) is 0 Å². The molecular weight excluding hydrogens is 216 g/mol. The van der Waals surface area contributed by atoms with Crippen LogP contribution in [0.5, 0.6) is 0 Å². The second kappa shape index (κ2) is 5.00. The van der Waals surface area contributed by atoms with E-state index in [0.717, 1.165) is 31.6 Å². The van der Waals surface area contributed by atoms with Crippen molar-refractivity contribution in [3.8, 4) is 6.07 Å². The Hall–Kier alpha value is -1.83. The lowest BCUT2D eigenvalue weighted by Crippen LogP contribution is -2.31. The summed E-state index contributed by atoms with van der Waals surface area (Å²) in [4.78, 5) is 13.8. The van der Waals surface area contributed by atoms with E-state index in [1.165, 1.54) is 17.5 Å². The summed E-state index contributed by atoms with van der Waals surface area (Å²) in [5.74, 6) is 1.48.